The minimum atomic E-state index is 0.109. The average molecular weight is 207 g/mol. The molecule has 0 aromatic carbocycles. The summed E-state index contributed by atoms with van der Waals surface area (Å²) in [6, 6.07) is 1.68. The van der Waals surface area contributed by atoms with Crippen LogP contribution >= 0.6 is 0 Å². The molecule has 4 heteroatoms. The van der Waals surface area contributed by atoms with E-state index in [4.69, 9.17) is 0 Å². The number of hydrogen-bond acceptors (Lipinski definition) is 3. The highest BCUT2D eigenvalue weighted by Gasteiger charge is 1.96. The van der Waals surface area contributed by atoms with Crippen molar-refractivity contribution < 1.29 is 5.11 Å². The molecule has 0 fully saturated rings. The van der Waals surface area contributed by atoms with E-state index < -0.39 is 0 Å². The van der Waals surface area contributed by atoms with E-state index in [1.54, 1.807) is 18.6 Å². The molecule has 0 unspecified atom stereocenters. The zero-order valence-electron chi connectivity index (χ0n) is 9.22. The van der Waals surface area contributed by atoms with Crippen molar-refractivity contribution in [3.63, 3.8) is 0 Å². The molecule has 15 heavy (non-hydrogen) atoms. The fraction of sp³-hybridized carbons (Fsp3) is 0.455. The molecule has 0 atom stereocenters. The van der Waals surface area contributed by atoms with Crippen molar-refractivity contribution in [2.75, 3.05) is 13.6 Å². The lowest BCUT2D eigenvalue weighted by atomic mass is 10.3. The summed E-state index contributed by atoms with van der Waals surface area (Å²) in [5.41, 5.74) is 0.549. The van der Waals surface area contributed by atoms with Crippen LogP contribution in [-0.2, 0) is 0 Å². The van der Waals surface area contributed by atoms with Crippen molar-refractivity contribution in [1.82, 2.24) is 9.88 Å². The lowest BCUT2D eigenvalue weighted by Gasteiger charge is -2.11. The zero-order valence-corrected chi connectivity index (χ0v) is 9.22. The van der Waals surface area contributed by atoms with E-state index in [1.165, 1.54) is 12.6 Å². The minimum Gasteiger partial charge on any atom is -0.504 e. The van der Waals surface area contributed by atoms with Gasteiger partial charge in [0, 0.05) is 19.8 Å². The molecule has 0 aliphatic carbocycles. The van der Waals surface area contributed by atoms with Gasteiger partial charge in [0.05, 0.1) is 12.5 Å². The van der Waals surface area contributed by atoms with Crippen LogP contribution in [0.5, 0.6) is 5.75 Å². The molecule has 82 valence electrons. The molecule has 0 aliphatic rings. The van der Waals surface area contributed by atoms with Gasteiger partial charge in [-0.15, -0.1) is 0 Å². The van der Waals surface area contributed by atoms with Crippen LogP contribution < -0.4 is 0 Å². The summed E-state index contributed by atoms with van der Waals surface area (Å²) >= 11 is 0. The Hall–Kier alpha value is -1.58. The van der Waals surface area contributed by atoms with E-state index in [2.05, 4.69) is 16.9 Å². The highest BCUT2D eigenvalue weighted by atomic mass is 16.3. The van der Waals surface area contributed by atoms with Crippen LogP contribution in [0.4, 0.5) is 5.69 Å². The molecule has 1 aromatic rings. The van der Waals surface area contributed by atoms with Crippen LogP contribution in [-0.4, -0.2) is 34.9 Å². The zero-order chi connectivity index (χ0) is 11.1. The number of aromatic nitrogens is 1. The topological polar surface area (TPSA) is 48.7 Å². The molecule has 1 aromatic heterocycles. The maximum Gasteiger partial charge on any atom is 0.159 e. The molecule has 0 saturated carbocycles. The minimum absolute atomic E-state index is 0.109. The third-order valence-electron chi connectivity index (χ3n) is 2.04. The SMILES string of the molecule is CCCCN(C)/C=N/c1ccncc1O. The van der Waals surface area contributed by atoms with Gasteiger partial charge in [-0.05, 0) is 12.5 Å². The van der Waals surface area contributed by atoms with E-state index in [0.717, 1.165) is 13.0 Å². The first-order valence-electron chi connectivity index (χ1n) is 5.11. The standard InChI is InChI=1S/C11H17N3O/c1-3-4-7-14(2)9-13-10-5-6-12-8-11(10)15/h5-6,8-9,15H,3-4,7H2,1-2H3/b13-9+. The normalized spacial score (nSPS) is 10.8. The Balaban J connectivity index is 2.53. The van der Waals surface area contributed by atoms with E-state index >= 15 is 0 Å². The van der Waals surface area contributed by atoms with Crippen molar-refractivity contribution >= 4 is 12.0 Å². The quantitative estimate of drug-likeness (QED) is 0.594. The van der Waals surface area contributed by atoms with Gasteiger partial charge in [-0.1, -0.05) is 13.3 Å². The van der Waals surface area contributed by atoms with Gasteiger partial charge >= 0.3 is 0 Å². The van der Waals surface area contributed by atoms with E-state index in [0.29, 0.717) is 5.69 Å². The first kappa shape index (κ1) is 11.5. The second-order valence-electron chi connectivity index (χ2n) is 3.44. The van der Waals surface area contributed by atoms with Gasteiger partial charge < -0.3 is 10.0 Å². The van der Waals surface area contributed by atoms with Crippen LogP contribution in [0, 0.1) is 0 Å². The van der Waals surface area contributed by atoms with E-state index in [9.17, 15) is 5.11 Å². The molecular formula is C11H17N3O. The first-order valence-corrected chi connectivity index (χ1v) is 5.11. The number of pyridine rings is 1. The number of unbranched alkanes of at least 4 members (excludes halogenated alkanes) is 1. The smallest absolute Gasteiger partial charge is 0.159 e. The Bertz CT molecular complexity index is 325. The number of nitrogens with zero attached hydrogens (tertiary/aromatic N) is 3. The average Bonchev–Trinajstić information content (AvgIpc) is 2.25. The van der Waals surface area contributed by atoms with Crippen LogP contribution in [0.1, 0.15) is 19.8 Å². The van der Waals surface area contributed by atoms with Crippen LogP contribution in [0.25, 0.3) is 0 Å². The summed E-state index contributed by atoms with van der Waals surface area (Å²) in [5.74, 6) is 0.109. The molecule has 0 bridgehead atoms. The summed E-state index contributed by atoms with van der Waals surface area (Å²) < 4.78 is 0. The summed E-state index contributed by atoms with van der Waals surface area (Å²) in [6.07, 6.45) is 7.03. The highest BCUT2D eigenvalue weighted by Crippen LogP contribution is 2.22. The molecule has 4 nitrogen and oxygen atoms in total. The number of hydrogen-bond donors (Lipinski definition) is 1. The van der Waals surface area contributed by atoms with Crippen LogP contribution in [0.2, 0.25) is 0 Å². The second-order valence-corrected chi connectivity index (χ2v) is 3.44. The maximum atomic E-state index is 9.40. The van der Waals surface area contributed by atoms with Crippen molar-refractivity contribution in [3.8, 4) is 5.75 Å². The number of aromatic hydroxyl groups is 1. The first-order chi connectivity index (χ1) is 7.24. The lowest BCUT2D eigenvalue weighted by molar-refractivity contribution is 0.473. The molecule has 1 rings (SSSR count). The van der Waals surface area contributed by atoms with Gasteiger partial charge in [-0.2, -0.15) is 0 Å². The number of aliphatic imine (C=N–C) groups is 1. The Morgan fingerprint density at radius 2 is 2.40 bits per heavy atom. The molecule has 1 heterocycles. The molecule has 0 aliphatic heterocycles. The van der Waals surface area contributed by atoms with Gasteiger partial charge in [0.2, 0.25) is 0 Å². The van der Waals surface area contributed by atoms with Gasteiger partial charge in [0.15, 0.2) is 5.75 Å². The predicted molar refractivity (Wildman–Crippen MR) is 61.6 cm³/mol. The largest absolute Gasteiger partial charge is 0.504 e. The lowest BCUT2D eigenvalue weighted by Crippen LogP contribution is -2.16. The molecule has 0 saturated heterocycles. The second kappa shape index (κ2) is 6.01. The Labute approximate surface area is 90.3 Å². The maximum absolute atomic E-state index is 9.40. The summed E-state index contributed by atoms with van der Waals surface area (Å²) in [7, 11) is 1.97. The van der Waals surface area contributed by atoms with Crippen molar-refractivity contribution in [2.45, 2.75) is 19.8 Å². The van der Waals surface area contributed by atoms with Gasteiger partial charge in [-0.25, -0.2) is 4.99 Å². The van der Waals surface area contributed by atoms with Gasteiger partial charge in [-0.3, -0.25) is 4.98 Å². The Morgan fingerprint density at radius 3 is 3.07 bits per heavy atom. The van der Waals surface area contributed by atoms with Crippen molar-refractivity contribution in [2.24, 2.45) is 4.99 Å². The summed E-state index contributed by atoms with van der Waals surface area (Å²) in [4.78, 5) is 9.96. The predicted octanol–water partition coefficient (Wildman–Crippen LogP) is 2.18. The molecular weight excluding hydrogens is 190 g/mol. The third kappa shape index (κ3) is 3.97. The Kier molecular flexibility index (Phi) is 4.60. The van der Waals surface area contributed by atoms with Crippen molar-refractivity contribution in [1.29, 1.82) is 0 Å². The fourth-order valence-electron chi connectivity index (χ4n) is 1.11. The molecule has 0 amide bonds. The molecule has 0 spiro atoms. The van der Waals surface area contributed by atoms with E-state index in [-0.39, 0.29) is 5.75 Å². The monoisotopic (exact) mass is 207 g/mol. The van der Waals surface area contributed by atoms with E-state index in [1.807, 2.05) is 11.9 Å². The fourth-order valence-corrected chi connectivity index (χ4v) is 1.11. The Morgan fingerprint density at radius 1 is 1.60 bits per heavy atom. The number of rotatable bonds is 5. The van der Waals surface area contributed by atoms with Crippen molar-refractivity contribution in [3.05, 3.63) is 18.5 Å². The molecule has 1 N–H and O–H groups in total. The summed E-state index contributed by atoms with van der Waals surface area (Å²) in [5, 5.41) is 9.40. The highest BCUT2D eigenvalue weighted by molar-refractivity contribution is 5.63. The van der Waals surface area contributed by atoms with Gasteiger partial charge in [0.1, 0.15) is 5.69 Å². The summed E-state index contributed by atoms with van der Waals surface area (Å²) in [6.45, 7) is 3.13. The van der Waals surface area contributed by atoms with Gasteiger partial charge in [0.25, 0.3) is 0 Å². The van der Waals surface area contributed by atoms with Crippen LogP contribution in [0.15, 0.2) is 23.5 Å². The molecule has 0 radical (unpaired) electrons. The van der Waals surface area contributed by atoms with Crippen LogP contribution in [0.3, 0.4) is 0 Å². The third-order valence-corrected chi connectivity index (χ3v) is 2.04.